The molecular weight excluding hydrogens is 188 g/mol. The summed E-state index contributed by atoms with van der Waals surface area (Å²) in [6.07, 6.45) is 12.0. The molecule has 0 aliphatic carbocycles. The van der Waals surface area contributed by atoms with Crippen LogP contribution in [0.4, 0.5) is 0 Å². The Hall–Kier alpha value is -0.830. The van der Waals surface area contributed by atoms with Gasteiger partial charge in [0, 0.05) is 18.9 Å². The first kappa shape index (κ1) is 12.2. The van der Waals surface area contributed by atoms with Crippen LogP contribution in [0.2, 0.25) is 0 Å². The van der Waals surface area contributed by atoms with Crippen LogP contribution < -0.4 is 0 Å². The Balaban J connectivity index is 1.97. The third kappa shape index (κ3) is 5.57. The van der Waals surface area contributed by atoms with Crippen molar-refractivity contribution in [3.63, 3.8) is 0 Å². The number of hydrogen-bond acceptors (Lipinski definition) is 2. The lowest BCUT2D eigenvalue weighted by Crippen LogP contribution is -2.06. The van der Waals surface area contributed by atoms with E-state index in [1.165, 1.54) is 6.42 Å². The fourth-order valence-corrected chi connectivity index (χ4v) is 1.68. The third-order valence-corrected chi connectivity index (χ3v) is 2.65. The van der Waals surface area contributed by atoms with Gasteiger partial charge in [-0.1, -0.05) is 19.8 Å². The van der Waals surface area contributed by atoms with Gasteiger partial charge in [0.05, 0.1) is 12.4 Å². The molecule has 0 aromatic carbocycles. The van der Waals surface area contributed by atoms with Gasteiger partial charge in [0.1, 0.15) is 0 Å². The molecule has 0 amide bonds. The highest BCUT2D eigenvalue weighted by Crippen LogP contribution is 2.08. The van der Waals surface area contributed by atoms with Gasteiger partial charge in [-0.15, -0.1) is 0 Å². The van der Waals surface area contributed by atoms with Gasteiger partial charge < -0.3 is 9.67 Å². The van der Waals surface area contributed by atoms with Crippen LogP contribution >= 0.6 is 0 Å². The van der Waals surface area contributed by atoms with Crippen molar-refractivity contribution in [3.8, 4) is 0 Å². The predicted octanol–water partition coefficient (Wildman–Crippen LogP) is 2.60. The van der Waals surface area contributed by atoms with E-state index in [9.17, 15) is 5.11 Å². The zero-order valence-electron chi connectivity index (χ0n) is 9.60. The van der Waals surface area contributed by atoms with Crippen LogP contribution in [0, 0.1) is 0 Å². The molecule has 1 rings (SSSR count). The summed E-state index contributed by atoms with van der Waals surface area (Å²) in [6, 6.07) is 0. The summed E-state index contributed by atoms with van der Waals surface area (Å²) in [7, 11) is 0. The molecule has 15 heavy (non-hydrogen) atoms. The Morgan fingerprint density at radius 3 is 2.73 bits per heavy atom. The van der Waals surface area contributed by atoms with Crippen LogP contribution in [-0.2, 0) is 6.54 Å². The zero-order valence-corrected chi connectivity index (χ0v) is 9.60. The van der Waals surface area contributed by atoms with Crippen LogP contribution in [-0.4, -0.2) is 20.8 Å². The highest BCUT2D eigenvalue weighted by molar-refractivity contribution is 4.73. The molecule has 1 aromatic rings. The topological polar surface area (TPSA) is 38.0 Å². The second-order valence-corrected chi connectivity index (χ2v) is 4.09. The fraction of sp³-hybridized carbons (Fsp3) is 0.750. The smallest absolute Gasteiger partial charge is 0.0945 e. The summed E-state index contributed by atoms with van der Waals surface area (Å²) in [5.74, 6) is 0. The van der Waals surface area contributed by atoms with E-state index in [4.69, 9.17) is 0 Å². The number of imidazole rings is 1. The average molecular weight is 210 g/mol. The van der Waals surface area contributed by atoms with Gasteiger partial charge in [-0.2, -0.15) is 0 Å². The normalized spacial score (nSPS) is 12.9. The van der Waals surface area contributed by atoms with E-state index in [2.05, 4.69) is 16.5 Å². The first-order chi connectivity index (χ1) is 7.33. The number of rotatable bonds is 8. The molecule has 0 spiro atoms. The molecule has 0 saturated heterocycles. The number of aliphatic hydroxyl groups excluding tert-OH is 1. The summed E-state index contributed by atoms with van der Waals surface area (Å²) >= 11 is 0. The summed E-state index contributed by atoms with van der Waals surface area (Å²) in [4.78, 5) is 3.99. The first-order valence-corrected chi connectivity index (χ1v) is 5.96. The zero-order chi connectivity index (χ0) is 10.9. The van der Waals surface area contributed by atoms with Crippen LogP contribution in [0.3, 0.4) is 0 Å². The minimum atomic E-state index is -0.0901. The third-order valence-electron chi connectivity index (χ3n) is 2.65. The largest absolute Gasteiger partial charge is 0.393 e. The maximum atomic E-state index is 9.62. The molecular formula is C12H22N2O. The number of aryl methyl sites for hydroxylation is 1. The molecule has 1 N–H and O–H groups in total. The molecule has 86 valence electrons. The SMILES string of the molecule is CCCC[C@@H](O)CCCCn1ccnc1. The Kier molecular flexibility index (Phi) is 6.09. The van der Waals surface area contributed by atoms with Crippen LogP contribution in [0.15, 0.2) is 18.7 Å². The van der Waals surface area contributed by atoms with Crippen molar-refractivity contribution < 1.29 is 5.11 Å². The van der Waals surface area contributed by atoms with Crippen LogP contribution in [0.1, 0.15) is 45.4 Å². The lowest BCUT2D eigenvalue weighted by molar-refractivity contribution is 0.147. The molecule has 0 saturated carbocycles. The van der Waals surface area contributed by atoms with Gasteiger partial charge in [0.15, 0.2) is 0 Å². The summed E-state index contributed by atoms with van der Waals surface area (Å²) in [5, 5.41) is 9.62. The first-order valence-electron chi connectivity index (χ1n) is 5.96. The van der Waals surface area contributed by atoms with Crippen molar-refractivity contribution in [2.45, 2.75) is 58.1 Å². The number of aromatic nitrogens is 2. The lowest BCUT2D eigenvalue weighted by Gasteiger charge is -2.09. The van der Waals surface area contributed by atoms with Gasteiger partial charge in [-0.05, 0) is 25.7 Å². The fourth-order valence-electron chi connectivity index (χ4n) is 1.68. The van der Waals surface area contributed by atoms with E-state index in [1.807, 2.05) is 12.5 Å². The minimum absolute atomic E-state index is 0.0901. The Bertz CT molecular complexity index is 234. The Labute approximate surface area is 92.1 Å². The van der Waals surface area contributed by atoms with Gasteiger partial charge in [0.25, 0.3) is 0 Å². The van der Waals surface area contributed by atoms with E-state index in [0.717, 1.165) is 38.6 Å². The monoisotopic (exact) mass is 210 g/mol. The Morgan fingerprint density at radius 1 is 1.27 bits per heavy atom. The van der Waals surface area contributed by atoms with E-state index >= 15 is 0 Å². The van der Waals surface area contributed by atoms with Crippen molar-refractivity contribution in [3.05, 3.63) is 18.7 Å². The number of nitrogens with zero attached hydrogens (tertiary/aromatic N) is 2. The van der Waals surface area contributed by atoms with Crippen molar-refractivity contribution >= 4 is 0 Å². The minimum Gasteiger partial charge on any atom is -0.393 e. The van der Waals surface area contributed by atoms with Crippen LogP contribution in [0.5, 0.6) is 0 Å². The number of hydrogen-bond donors (Lipinski definition) is 1. The highest BCUT2D eigenvalue weighted by Gasteiger charge is 2.02. The maximum absolute atomic E-state index is 9.62. The quantitative estimate of drug-likeness (QED) is 0.670. The lowest BCUT2D eigenvalue weighted by atomic mass is 10.1. The second-order valence-electron chi connectivity index (χ2n) is 4.09. The molecule has 0 aliphatic rings. The van der Waals surface area contributed by atoms with Crippen molar-refractivity contribution in [2.24, 2.45) is 0 Å². The highest BCUT2D eigenvalue weighted by atomic mass is 16.3. The average Bonchev–Trinajstić information content (AvgIpc) is 2.74. The van der Waals surface area contributed by atoms with Crippen molar-refractivity contribution in [1.29, 1.82) is 0 Å². The molecule has 1 heterocycles. The molecule has 0 radical (unpaired) electrons. The van der Waals surface area contributed by atoms with E-state index in [-0.39, 0.29) is 6.10 Å². The van der Waals surface area contributed by atoms with Gasteiger partial charge in [0.2, 0.25) is 0 Å². The predicted molar refractivity (Wildman–Crippen MR) is 61.6 cm³/mol. The molecule has 3 heteroatoms. The summed E-state index contributed by atoms with van der Waals surface area (Å²) in [5.41, 5.74) is 0. The summed E-state index contributed by atoms with van der Waals surface area (Å²) in [6.45, 7) is 3.17. The maximum Gasteiger partial charge on any atom is 0.0945 e. The molecule has 1 atom stereocenters. The standard InChI is InChI=1S/C12H22N2O/c1-2-3-6-12(15)7-4-5-9-14-10-8-13-11-14/h8,10-12,15H,2-7,9H2,1H3/t12-/m1/s1. The van der Waals surface area contributed by atoms with E-state index in [1.54, 1.807) is 6.20 Å². The number of unbranched alkanes of at least 4 members (excludes halogenated alkanes) is 2. The van der Waals surface area contributed by atoms with Crippen LogP contribution in [0.25, 0.3) is 0 Å². The summed E-state index contributed by atoms with van der Waals surface area (Å²) < 4.78 is 2.08. The molecule has 1 aromatic heterocycles. The second kappa shape index (κ2) is 7.46. The number of aliphatic hydroxyl groups is 1. The van der Waals surface area contributed by atoms with E-state index in [0.29, 0.717) is 0 Å². The van der Waals surface area contributed by atoms with Crippen molar-refractivity contribution in [1.82, 2.24) is 9.55 Å². The molecule has 3 nitrogen and oxygen atoms in total. The van der Waals surface area contributed by atoms with Gasteiger partial charge >= 0.3 is 0 Å². The molecule has 0 aliphatic heterocycles. The van der Waals surface area contributed by atoms with Crippen molar-refractivity contribution in [2.75, 3.05) is 0 Å². The van der Waals surface area contributed by atoms with E-state index < -0.39 is 0 Å². The van der Waals surface area contributed by atoms with Gasteiger partial charge in [-0.3, -0.25) is 0 Å². The molecule has 0 fully saturated rings. The molecule has 0 unspecified atom stereocenters. The Morgan fingerprint density at radius 2 is 2.07 bits per heavy atom. The van der Waals surface area contributed by atoms with Gasteiger partial charge in [-0.25, -0.2) is 4.98 Å². The molecule has 0 bridgehead atoms.